The highest BCUT2D eigenvalue weighted by molar-refractivity contribution is 8.26. The number of nitrogens with zero attached hydrogens (tertiary/aromatic N) is 4. The second kappa shape index (κ2) is 9.83. The quantitative estimate of drug-likeness (QED) is 0.373. The van der Waals surface area contributed by atoms with E-state index in [9.17, 15) is 9.59 Å². The Hall–Kier alpha value is -3.17. The van der Waals surface area contributed by atoms with Gasteiger partial charge in [-0.15, -0.1) is 0 Å². The van der Waals surface area contributed by atoms with E-state index >= 15 is 0 Å². The first-order valence-electron chi connectivity index (χ1n) is 11.6. The average molecular weight is 507 g/mol. The lowest BCUT2D eigenvalue weighted by Gasteiger charge is -2.35. The number of piperidine rings is 1. The molecular formula is C26H26N4O3S2. The number of thioether (sulfide) groups is 1. The summed E-state index contributed by atoms with van der Waals surface area (Å²) < 4.78 is 7.22. The molecule has 2 aliphatic heterocycles. The highest BCUT2D eigenvalue weighted by Gasteiger charge is 2.33. The predicted molar refractivity (Wildman–Crippen MR) is 144 cm³/mol. The summed E-state index contributed by atoms with van der Waals surface area (Å²) >= 11 is 6.76. The van der Waals surface area contributed by atoms with Gasteiger partial charge in [-0.1, -0.05) is 42.2 Å². The summed E-state index contributed by atoms with van der Waals surface area (Å²) in [5.41, 5.74) is 1.77. The van der Waals surface area contributed by atoms with Gasteiger partial charge in [0.15, 0.2) is 0 Å². The maximum atomic E-state index is 13.6. The number of methoxy groups -OCH3 is 1. The van der Waals surface area contributed by atoms with Crippen molar-refractivity contribution in [1.29, 1.82) is 0 Å². The van der Waals surface area contributed by atoms with E-state index in [4.69, 9.17) is 21.9 Å². The molecule has 0 spiro atoms. The van der Waals surface area contributed by atoms with E-state index < -0.39 is 0 Å². The first-order chi connectivity index (χ1) is 17.0. The van der Waals surface area contributed by atoms with E-state index in [1.807, 2.05) is 36.4 Å². The molecule has 2 aliphatic rings. The topological polar surface area (TPSA) is 67.2 Å². The molecule has 0 aliphatic carbocycles. The monoisotopic (exact) mass is 506 g/mol. The van der Waals surface area contributed by atoms with E-state index in [1.54, 1.807) is 30.3 Å². The average Bonchev–Trinajstić information content (AvgIpc) is 3.14. The number of carbonyl (C=O) groups is 1. The molecule has 1 unspecified atom stereocenters. The molecule has 35 heavy (non-hydrogen) atoms. The Morgan fingerprint density at radius 2 is 1.97 bits per heavy atom. The zero-order valence-corrected chi connectivity index (χ0v) is 21.3. The first kappa shape index (κ1) is 23.6. The number of fused-ring (bicyclic) bond motifs is 1. The Labute approximate surface area is 213 Å². The van der Waals surface area contributed by atoms with Crippen LogP contribution in [-0.4, -0.2) is 44.2 Å². The van der Waals surface area contributed by atoms with Crippen molar-refractivity contribution in [3.8, 4) is 5.75 Å². The van der Waals surface area contributed by atoms with Gasteiger partial charge in [0.25, 0.3) is 11.5 Å². The molecule has 1 atom stereocenters. The number of amides is 1. The summed E-state index contributed by atoms with van der Waals surface area (Å²) in [7, 11) is 1.62. The molecular weight excluding hydrogens is 480 g/mol. The molecule has 180 valence electrons. The van der Waals surface area contributed by atoms with Gasteiger partial charge in [-0.25, -0.2) is 4.98 Å². The number of ether oxygens (including phenoxy) is 1. The molecule has 7 nitrogen and oxygen atoms in total. The van der Waals surface area contributed by atoms with Crippen molar-refractivity contribution in [2.75, 3.05) is 18.6 Å². The fourth-order valence-corrected chi connectivity index (χ4v) is 5.77. The van der Waals surface area contributed by atoms with Crippen LogP contribution in [0, 0.1) is 0 Å². The molecule has 1 aromatic carbocycles. The number of hydrogen-bond donors (Lipinski definition) is 0. The van der Waals surface area contributed by atoms with Gasteiger partial charge < -0.3 is 9.64 Å². The number of pyridine rings is 1. The molecule has 2 fully saturated rings. The van der Waals surface area contributed by atoms with Crippen LogP contribution in [0.25, 0.3) is 11.7 Å². The third-order valence-corrected chi connectivity index (χ3v) is 7.85. The van der Waals surface area contributed by atoms with Crippen molar-refractivity contribution in [1.82, 2.24) is 14.3 Å². The third kappa shape index (κ3) is 4.58. The van der Waals surface area contributed by atoms with Gasteiger partial charge >= 0.3 is 0 Å². The van der Waals surface area contributed by atoms with Crippen molar-refractivity contribution in [2.45, 2.75) is 38.8 Å². The maximum absolute atomic E-state index is 13.6. The van der Waals surface area contributed by atoms with Gasteiger partial charge in [-0.2, -0.15) is 0 Å². The van der Waals surface area contributed by atoms with Crippen molar-refractivity contribution in [2.24, 2.45) is 0 Å². The van der Waals surface area contributed by atoms with Crippen molar-refractivity contribution in [3.05, 3.63) is 75.0 Å². The molecule has 2 aromatic heterocycles. The number of thiocarbonyl (C=S) groups is 1. The van der Waals surface area contributed by atoms with Gasteiger partial charge in [0.2, 0.25) is 0 Å². The number of rotatable bonds is 5. The molecule has 5 rings (SSSR count). The van der Waals surface area contributed by atoms with Crippen LogP contribution in [0.5, 0.6) is 5.75 Å². The summed E-state index contributed by atoms with van der Waals surface area (Å²) in [6.45, 7) is 3.35. The van der Waals surface area contributed by atoms with Crippen molar-refractivity contribution < 1.29 is 9.53 Å². The first-order valence-corrected chi connectivity index (χ1v) is 12.8. The molecule has 9 heteroatoms. The maximum Gasteiger partial charge on any atom is 0.267 e. The third-order valence-electron chi connectivity index (χ3n) is 6.47. The minimum Gasteiger partial charge on any atom is -0.497 e. The van der Waals surface area contributed by atoms with Crippen LogP contribution in [0.3, 0.4) is 0 Å². The highest BCUT2D eigenvalue weighted by Crippen LogP contribution is 2.35. The zero-order chi connectivity index (χ0) is 24.5. The Morgan fingerprint density at radius 3 is 2.71 bits per heavy atom. The molecule has 0 radical (unpaired) electrons. The molecule has 3 aromatic rings. The number of aromatic nitrogens is 2. The molecule has 0 N–H and O–H groups in total. The van der Waals surface area contributed by atoms with Crippen molar-refractivity contribution >= 4 is 51.7 Å². The van der Waals surface area contributed by atoms with Crippen LogP contribution in [0.1, 0.15) is 37.3 Å². The van der Waals surface area contributed by atoms with E-state index in [2.05, 4.69) is 11.8 Å². The lowest BCUT2D eigenvalue weighted by Crippen LogP contribution is -2.40. The zero-order valence-electron chi connectivity index (χ0n) is 19.6. The normalized spacial score (nSPS) is 19.7. The van der Waals surface area contributed by atoms with Gasteiger partial charge in [0.05, 0.1) is 24.1 Å². The summed E-state index contributed by atoms with van der Waals surface area (Å²) in [5, 5.41) is 0. The van der Waals surface area contributed by atoms with Gasteiger partial charge in [-0.3, -0.25) is 18.9 Å². The van der Waals surface area contributed by atoms with E-state index in [1.165, 1.54) is 16.2 Å². The molecule has 2 saturated heterocycles. The standard InChI is InChI=1S/C26H26N4O3S2/c1-17-7-3-5-13-28(17)23-20(24(31)29-14-6-4-8-22(29)27-23)15-21-25(32)30(26(34)35-21)16-18-9-11-19(33-2)12-10-18/h4,6,8-12,14-15,17H,3,5,7,13,16H2,1-2H3. The van der Waals surface area contributed by atoms with Crippen molar-refractivity contribution in [3.63, 3.8) is 0 Å². The summed E-state index contributed by atoms with van der Waals surface area (Å²) in [4.78, 5) is 36.0. The lowest BCUT2D eigenvalue weighted by molar-refractivity contribution is -0.122. The van der Waals surface area contributed by atoms with Gasteiger partial charge in [-0.05, 0) is 62.1 Å². The largest absolute Gasteiger partial charge is 0.497 e. The minimum atomic E-state index is -0.203. The molecule has 1 amide bonds. The second-order valence-corrected chi connectivity index (χ2v) is 10.4. The summed E-state index contributed by atoms with van der Waals surface area (Å²) in [5.74, 6) is 1.18. The second-order valence-electron chi connectivity index (χ2n) is 8.74. The summed E-state index contributed by atoms with van der Waals surface area (Å²) in [6.07, 6.45) is 6.63. The Bertz CT molecular complexity index is 1380. The Balaban J connectivity index is 1.53. The Kier molecular flexibility index (Phi) is 6.62. The van der Waals surface area contributed by atoms with E-state index in [-0.39, 0.29) is 17.5 Å². The molecule has 4 heterocycles. The van der Waals surface area contributed by atoms with Crippen LogP contribution in [0.2, 0.25) is 0 Å². The highest BCUT2D eigenvalue weighted by atomic mass is 32.2. The van der Waals surface area contributed by atoms with Gasteiger partial charge in [0, 0.05) is 18.8 Å². The fourth-order valence-electron chi connectivity index (χ4n) is 4.53. The van der Waals surface area contributed by atoms with Gasteiger partial charge in [0.1, 0.15) is 21.5 Å². The predicted octanol–water partition coefficient (Wildman–Crippen LogP) is 4.48. The number of hydrogen-bond acceptors (Lipinski definition) is 7. The minimum absolute atomic E-state index is 0.191. The summed E-state index contributed by atoms with van der Waals surface area (Å²) in [6, 6.07) is 13.3. The van der Waals surface area contributed by atoms with Crippen LogP contribution in [0.15, 0.2) is 58.4 Å². The fraction of sp³-hybridized carbons (Fsp3) is 0.308. The smallest absolute Gasteiger partial charge is 0.267 e. The lowest BCUT2D eigenvalue weighted by atomic mass is 10.0. The van der Waals surface area contributed by atoms with E-state index in [0.29, 0.717) is 32.8 Å². The number of anilines is 1. The van der Waals surface area contributed by atoms with E-state index in [0.717, 1.165) is 37.1 Å². The SMILES string of the molecule is COc1ccc(CN2C(=O)C(=Cc3c(N4CCCCC4C)nc4ccccn4c3=O)SC2=S)cc1. The Morgan fingerprint density at radius 1 is 1.17 bits per heavy atom. The van der Waals surface area contributed by atoms with Crippen LogP contribution in [0.4, 0.5) is 5.82 Å². The van der Waals surface area contributed by atoms with Crippen LogP contribution < -0.4 is 15.2 Å². The number of carbonyl (C=O) groups excluding carboxylic acids is 1. The molecule has 0 bridgehead atoms. The molecule has 0 saturated carbocycles. The van der Waals surface area contributed by atoms with Crippen LogP contribution in [-0.2, 0) is 11.3 Å². The number of benzene rings is 1. The van der Waals surface area contributed by atoms with Crippen LogP contribution >= 0.6 is 24.0 Å².